The summed E-state index contributed by atoms with van der Waals surface area (Å²) in [4.78, 5) is 0. The number of nitrogens with one attached hydrogen (secondary N) is 1. The van der Waals surface area contributed by atoms with Crippen molar-refractivity contribution in [2.45, 2.75) is 65.5 Å². The first-order valence-corrected chi connectivity index (χ1v) is 7.74. The molecule has 0 saturated heterocycles. The summed E-state index contributed by atoms with van der Waals surface area (Å²) in [6, 6.07) is 9.16. The van der Waals surface area contributed by atoms with Crippen LogP contribution in [0.1, 0.15) is 53.5 Å². The lowest BCUT2D eigenvalue weighted by atomic mass is 9.64. The fraction of sp³-hybridized carbons (Fsp3) is 0.667. The van der Waals surface area contributed by atoms with Crippen molar-refractivity contribution in [2.75, 3.05) is 11.9 Å². The van der Waals surface area contributed by atoms with Gasteiger partial charge >= 0.3 is 0 Å². The van der Waals surface area contributed by atoms with Gasteiger partial charge in [0.2, 0.25) is 0 Å². The van der Waals surface area contributed by atoms with Crippen LogP contribution in [-0.4, -0.2) is 18.8 Å². The summed E-state index contributed by atoms with van der Waals surface area (Å²) in [6.45, 7) is 14.3. The number of benzene rings is 1. The Hall–Kier alpha value is -1.02. The smallest absolute Gasteiger partial charge is 0.0665 e. The molecule has 1 saturated carbocycles. The maximum absolute atomic E-state index is 5.82. The van der Waals surface area contributed by atoms with Crippen LogP contribution in [0.25, 0.3) is 0 Å². The molecule has 112 valence electrons. The normalized spacial score (nSPS) is 25.1. The standard InChI is InChI=1S/C18H29NO/c1-7-20-16-12-15(18(16,5)6)19-14-11-9-8-10-13(14)17(2,3)4/h8-11,15-16,19H,7,12H2,1-6H3. The molecule has 1 aromatic rings. The molecule has 1 N–H and O–H groups in total. The molecule has 0 aliphatic heterocycles. The third-order valence-corrected chi connectivity index (χ3v) is 4.61. The molecular weight excluding hydrogens is 246 g/mol. The van der Waals surface area contributed by atoms with Crippen molar-refractivity contribution in [3.8, 4) is 0 Å². The van der Waals surface area contributed by atoms with Crippen LogP contribution < -0.4 is 5.32 Å². The van der Waals surface area contributed by atoms with Crippen LogP contribution in [0.3, 0.4) is 0 Å². The molecule has 20 heavy (non-hydrogen) atoms. The zero-order valence-corrected chi connectivity index (χ0v) is 13.8. The lowest BCUT2D eigenvalue weighted by molar-refractivity contribution is -0.0976. The van der Waals surface area contributed by atoms with Gasteiger partial charge in [-0.3, -0.25) is 0 Å². The summed E-state index contributed by atoms with van der Waals surface area (Å²) in [5, 5.41) is 3.75. The van der Waals surface area contributed by atoms with Gasteiger partial charge in [-0.2, -0.15) is 0 Å². The van der Waals surface area contributed by atoms with Crippen LogP contribution in [0, 0.1) is 5.41 Å². The van der Waals surface area contributed by atoms with E-state index in [2.05, 4.69) is 71.1 Å². The quantitative estimate of drug-likeness (QED) is 0.867. The fourth-order valence-electron chi connectivity index (χ4n) is 3.07. The van der Waals surface area contributed by atoms with Crippen molar-refractivity contribution in [3.05, 3.63) is 29.8 Å². The molecule has 1 fully saturated rings. The maximum Gasteiger partial charge on any atom is 0.0665 e. The Morgan fingerprint density at radius 1 is 1.25 bits per heavy atom. The second kappa shape index (κ2) is 5.40. The van der Waals surface area contributed by atoms with Crippen molar-refractivity contribution < 1.29 is 4.74 Å². The van der Waals surface area contributed by atoms with Crippen LogP contribution in [0.5, 0.6) is 0 Å². The van der Waals surface area contributed by atoms with Crippen molar-refractivity contribution >= 4 is 5.69 Å². The Balaban J connectivity index is 2.13. The van der Waals surface area contributed by atoms with E-state index < -0.39 is 0 Å². The first-order chi connectivity index (χ1) is 9.26. The zero-order chi connectivity index (χ0) is 15.0. The van der Waals surface area contributed by atoms with E-state index >= 15 is 0 Å². The topological polar surface area (TPSA) is 21.3 Å². The minimum atomic E-state index is 0.163. The first-order valence-electron chi connectivity index (χ1n) is 7.74. The van der Waals surface area contributed by atoms with Crippen molar-refractivity contribution in [1.82, 2.24) is 0 Å². The third-order valence-electron chi connectivity index (χ3n) is 4.61. The van der Waals surface area contributed by atoms with Crippen LogP contribution in [0.2, 0.25) is 0 Å². The predicted octanol–water partition coefficient (Wildman–Crippen LogP) is 4.60. The average molecular weight is 275 g/mol. The minimum absolute atomic E-state index is 0.163. The van der Waals surface area contributed by atoms with Crippen LogP contribution in [-0.2, 0) is 10.2 Å². The second-order valence-electron chi connectivity index (χ2n) is 7.49. The van der Waals surface area contributed by atoms with Gasteiger partial charge in [0.05, 0.1) is 6.10 Å². The third kappa shape index (κ3) is 2.85. The molecule has 0 heterocycles. The number of hydrogen-bond donors (Lipinski definition) is 1. The summed E-state index contributed by atoms with van der Waals surface area (Å²) in [5.74, 6) is 0. The minimum Gasteiger partial charge on any atom is -0.381 e. The first kappa shape index (κ1) is 15.4. The maximum atomic E-state index is 5.82. The molecule has 2 rings (SSSR count). The van der Waals surface area contributed by atoms with E-state index in [9.17, 15) is 0 Å². The molecule has 1 aliphatic carbocycles. The second-order valence-corrected chi connectivity index (χ2v) is 7.49. The molecule has 1 aromatic carbocycles. The average Bonchev–Trinajstić information content (AvgIpc) is 2.37. The number of para-hydroxylation sites is 1. The summed E-state index contributed by atoms with van der Waals surface area (Å²) in [7, 11) is 0. The molecule has 2 nitrogen and oxygen atoms in total. The highest BCUT2D eigenvalue weighted by Gasteiger charge is 2.49. The van der Waals surface area contributed by atoms with Gasteiger partial charge in [0.25, 0.3) is 0 Å². The van der Waals surface area contributed by atoms with E-state index in [4.69, 9.17) is 4.74 Å². The predicted molar refractivity (Wildman–Crippen MR) is 86.4 cm³/mol. The molecular formula is C18H29NO. The highest BCUT2D eigenvalue weighted by atomic mass is 16.5. The summed E-state index contributed by atoms with van der Waals surface area (Å²) in [5.41, 5.74) is 3.02. The Bertz CT molecular complexity index is 459. The van der Waals surface area contributed by atoms with E-state index in [0.29, 0.717) is 12.1 Å². The largest absolute Gasteiger partial charge is 0.381 e. The van der Waals surface area contributed by atoms with Gasteiger partial charge in [0, 0.05) is 23.8 Å². The van der Waals surface area contributed by atoms with Crippen molar-refractivity contribution in [2.24, 2.45) is 5.41 Å². The number of ether oxygens (including phenoxy) is 1. The van der Waals surface area contributed by atoms with Gasteiger partial charge < -0.3 is 10.1 Å². The Morgan fingerprint density at radius 3 is 2.45 bits per heavy atom. The van der Waals surface area contributed by atoms with Crippen LogP contribution in [0.4, 0.5) is 5.69 Å². The summed E-state index contributed by atoms with van der Waals surface area (Å²) >= 11 is 0. The van der Waals surface area contributed by atoms with Gasteiger partial charge in [-0.15, -0.1) is 0 Å². The van der Waals surface area contributed by atoms with E-state index in [-0.39, 0.29) is 10.8 Å². The molecule has 2 heteroatoms. The number of hydrogen-bond acceptors (Lipinski definition) is 2. The Morgan fingerprint density at radius 2 is 1.90 bits per heavy atom. The molecule has 0 amide bonds. The van der Waals surface area contributed by atoms with E-state index in [1.807, 2.05) is 0 Å². The number of anilines is 1. The van der Waals surface area contributed by atoms with Gasteiger partial charge in [0.15, 0.2) is 0 Å². The molecule has 0 spiro atoms. The molecule has 2 atom stereocenters. The summed E-state index contributed by atoms with van der Waals surface area (Å²) in [6.07, 6.45) is 1.48. The lowest BCUT2D eigenvalue weighted by Gasteiger charge is -2.52. The van der Waals surface area contributed by atoms with Gasteiger partial charge in [0.1, 0.15) is 0 Å². The number of rotatable bonds is 4. The lowest BCUT2D eigenvalue weighted by Crippen LogP contribution is -2.58. The van der Waals surface area contributed by atoms with E-state index in [1.54, 1.807) is 0 Å². The van der Waals surface area contributed by atoms with Crippen LogP contribution in [0.15, 0.2) is 24.3 Å². The van der Waals surface area contributed by atoms with E-state index in [1.165, 1.54) is 11.3 Å². The highest BCUT2D eigenvalue weighted by Crippen LogP contribution is 2.45. The molecule has 1 aliphatic rings. The summed E-state index contributed by atoms with van der Waals surface area (Å²) < 4.78 is 5.82. The van der Waals surface area contributed by atoms with Gasteiger partial charge in [-0.25, -0.2) is 0 Å². The van der Waals surface area contributed by atoms with Gasteiger partial charge in [-0.05, 0) is 30.4 Å². The fourth-order valence-corrected chi connectivity index (χ4v) is 3.07. The molecule has 0 radical (unpaired) electrons. The molecule has 0 aromatic heterocycles. The van der Waals surface area contributed by atoms with Crippen molar-refractivity contribution in [3.63, 3.8) is 0 Å². The van der Waals surface area contributed by atoms with Crippen molar-refractivity contribution in [1.29, 1.82) is 0 Å². The molecule has 2 unspecified atom stereocenters. The van der Waals surface area contributed by atoms with Crippen LogP contribution >= 0.6 is 0 Å². The van der Waals surface area contributed by atoms with Gasteiger partial charge in [-0.1, -0.05) is 52.8 Å². The Kier molecular flexibility index (Phi) is 4.15. The molecule has 0 bridgehead atoms. The SMILES string of the molecule is CCOC1CC(Nc2ccccc2C(C)(C)C)C1(C)C. The van der Waals surface area contributed by atoms with E-state index in [0.717, 1.165) is 13.0 Å². The Labute approximate surface area is 123 Å². The zero-order valence-electron chi connectivity index (χ0n) is 13.8. The highest BCUT2D eigenvalue weighted by molar-refractivity contribution is 5.55. The monoisotopic (exact) mass is 275 g/mol.